The van der Waals surface area contributed by atoms with Crippen molar-refractivity contribution >= 4 is 0 Å². The summed E-state index contributed by atoms with van der Waals surface area (Å²) in [6, 6.07) is 5.37. The van der Waals surface area contributed by atoms with Crippen molar-refractivity contribution in [3.63, 3.8) is 0 Å². The topological polar surface area (TPSA) is 0 Å². The van der Waals surface area contributed by atoms with Crippen molar-refractivity contribution in [3.8, 4) is 0 Å². The fourth-order valence-corrected chi connectivity index (χ4v) is 1.88. The summed E-state index contributed by atoms with van der Waals surface area (Å²) in [5.74, 6) is 0.675. The van der Waals surface area contributed by atoms with E-state index in [2.05, 4.69) is 13.5 Å². The van der Waals surface area contributed by atoms with Gasteiger partial charge in [-0.3, -0.25) is 0 Å². The Kier molecular flexibility index (Phi) is 2.40. The molecule has 0 spiro atoms. The van der Waals surface area contributed by atoms with Crippen LogP contribution in [0.3, 0.4) is 0 Å². The maximum absolute atomic E-state index is 13.6. The molecule has 0 aliphatic heterocycles. The van der Waals surface area contributed by atoms with Crippen LogP contribution in [0.1, 0.15) is 42.7 Å². The first-order valence-corrected chi connectivity index (χ1v) is 5.15. The molecule has 0 heterocycles. The van der Waals surface area contributed by atoms with E-state index in [-0.39, 0.29) is 11.7 Å². The molecule has 2 rings (SSSR count). The molecule has 1 aliphatic rings. The molecule has 0 N–H and O–H groups in total. The van der Waals surface area contributed by atoms with Crippen LogP contribution < -0.4 is 0 Å². The third-order valence-corrected chi connectivity index (χ3v) is 2.92. The first kappa shape index (κ1) is 9.45. The molecule has 1 aromatic rings. The Labute approximate surface area is 84.5 Å². The van der Waals surface area contributed by atoms with Gasteiger partial charge < -0.3 is 0 Å². The normalized spacial score (nSPS) is 17.9. The molecule has 0 amide bonds. The van der Waals surface area contributed by atoms with Gasteiger partial charge in [-0.15, -0.1) is 6.58 Å². The van der Waals surface area contributed by atoms with Gasteiger partial charge in [0.2, 0.25) is 0 Å². The lowest BCUT2D eigenvalue weighted by Crippen LogP contribution is -1.98. The van der Waals surface area contributed by atoms with E-state index in [1.54, 1.807) is 12.1 Å². The molecular formula is C13H15F. The molecular weight excluding hydrogens is 175 g/mol. The molecule has 0 nitrogen and oxygen atoms in total. The van der Waals surface area contributed by atoms with Crippen LogP contribution in [0.15, 0.2) is 30.9 Å². The molecule has 1 fully saturated rings. The van der Waals surface area contributed by atoms with Gasteiger partial charge in [0.05, 0.1) is 0 Å². The summed E-state index contributed by atoms with van der Waals surface area (Å²) in [6.45, 7) is 5.83. The van der Waals surface area contributed by atoms with E-state index in [0.717, 1.165) is 24.0 Å². The minimum absolute atomic E-state index is 0.0429. The molecule has 0 aromatic heterocycles. The molecule has 14 heavy (non-hydrogen) atoms. The molecule has 1 atom stereocenters. The summed E-state index contributed by atoms with van der Waals surface area (Å²) < 4.78 is 13.6. The van der Waals surface area contributed by atoms with Crippen LogP contribution in [0.5, 0.6) is 0 Å². The van der Waals surface area contributed by atoms with Gasteiger partial charge in [-0.05, 0) is 41.9 Å². The first-order chi connectivity index (χ1) is 6.74. The van der Waals surface area contributed by atoms with Crippen molar-refractivity contribution in [1.82, 2.24) is 0 Å². The second-order valence-corrected chi connectivity index (χ2v) is 4.04. The highest BCUT2D eigenvalue weighted by Gasteiger charge is 2.29. The first-order valence-electron chi connectivity index (χ1n) is 5.15. The van der Waals surface area contributed by atoms with Crippen LogP contribution in [0.4, 0.5) is 4.39 Å². The summed E-state index contributed by atoms with van der Waals surface area (Å²) in [6.07, 6.45) is 4.15. The van der Waals surface area contributed by atoms with Crippen molar-refractivity contribution in [2.75, 3.05) is 0 Å². The van der Waals surface area contributed by atoms with Gasteiger partial charge in [0.25, 0.3) is 0 Å². The molecule has 1 aromatic carbocycles. The van der Waals surface area contributed by atoms with Crippen molar-refractivity contribution in [1.29, 1.82) is 0 Å². The van der Waals surface area contributed by atoms with E-state index in [1.165, 1.54) is 0 Å². The second kappa shape index (κ2) is 3.56. The summed E-state index contributed by atoms with van der Waals surface area (Å²) in [4.78, 5) is 0. The summed E-state index contributed by atoms with van der Waals surface area (Å²) in [5.41, 5.74) is 2.04. The standard InChI is InChI=1S/C13H15F/c1-3-9(2)11-5-4-6-12(14)13(11)10-7-8-10/h3-6,9-10H,1,7-8H2,2H3. The Hall–Kier alpha value is -1.11. The van der Waals surface area contributed by atoms with Gasteiger partial charge in [0.15, 0.2) is 0 Å². The zero-order chi connectivity index (χ0) is 10.1. The summed E-state index contributed by atoms with van der Waals surface area (Å²) in [5, 5.41) is 0. The molecule has 1 saturated carbocycles. The highest BCUT2D eigenvalue weighted by atomic mass is 19.1. The molecule has 0 saturated heterocycles. The Balaban J connectivity index is 2.46. The lowest BCUT2D eigenvalue weighted by molar-refractivity contribution is 0.605. The van der Waals surface area contributed by atoms with E-state index in [0.29, 0.717) is 5.92 Å². The fraction of sp³-hybridized carbons (Fsp3) is 0.385. The quantitative estimate of drug-likeness (QED) is 0.632. The number of benzene rings is 1. The van der Waals surface area contributed by atoms with Crippen LogP contribution in [0, 0.1) is 5.82 Å². The maximum atomic E-state index is 13.6. The largest absolute Gasteiger partial charge is 0.207 e. The highest BCUT2D eigenvalue weighted by Crippen LogP contribution is 2.44. The van der Waals surface area contributed by atoms with Gasteiger partial charge in [0.1, 0.15) is 5.82 Å². The van der Waals surface area contributed by atoms with Crippen molar-refractivity contribution in [2.24, 2.45) is 0 Å². The van der Waals surface area contributed by atoms with Crippen LogP contribution in [-0.2, 0) is 0 Å². The monoisotopic (exact) mass is 190 g/mol. The molecule has 0 bridgehead atoms. The van der Waals surface area contributed by atoms with Crippen molar-refractivity contribution in [3.05, 3.63) is 47.8 Å². The Bertz CT molecular complexity index is 350. The van der Waals surface area contributed by atoms with E-state index >= 15 is 0 Å². The van der Waals surface area contributed by atoms with E-state index in [9.17, 15) is 4.39 Å². The van der Waals surface area contributed by atoms with Crippen molar-refractivity contribution < 1.29 is 4.39 Å². The lowest BCUT2D eigenvalue weighted by Gasteiger charge is -2.13. The Morgan fingerprint density at radius 1 is 1.50 bits per heavy atom. The minimum Gasteiger partial charge on any atom is -0.207 e. The predicted molar refractivity (Wildman–Crippen MR) is 57.0 cm³/mol. The zero-order valence-corrected chi connectivity index (χ0v) is 8.46. The molecule has 1 unspecified atom stereocenters. The lowest BCUT2D eigenvalue weighted by atomic mass is 9.93. The summed E-state index contributed by atoms with van der Waals surface area (Å²) in [7, 11) is 0. The molecule has 74 valence electrons. The SMILES string of the molecule is C=CC(C)c1cccc(F)c1C1CC1. The number of hydrogen-bond acceptors (Lipinski definition) is 0. The Morgan fingerprint density at radius 2 is 2.21 bits per heavy atom. The number of hydrogen-bond donors (Lipinski definition) is 0. The third kappa shape index (κ3) is 1.59. The zero-order valence-electron chi connectivity index (χ0n) is 8.46. The number of rotatable bonds is 3. The van der Waals surface area contributed by atoms with Crippen LogP contribution >= 0.6 is 0 Å². The predicted octanol–water partition coefficient (Wildman–Crippen LogP) is 3.99. The average Bonchev–Trinajstić information content (AvgIpc) is 3.00. The molecule has 1 heteroatoms. The number of allylic oxidation sites excluding steroid dienone is 1. The molecule has 0 radical (unpaired) electrons. The van der Waals surface area contributed by atoms with Crippen LogP contribution in [0.25, 0.3) is 0 Å². The van der Waals surface area contributed by atoms with Crippen LogP contribution in [0.2, 0.25) is 0 Å². The Morgan fingerprint density at radius 3 is 2.79 bits per heavy atom. The minimum atomic E-state index is -0.0429. The summed E-state index contributed by atoms with van der Waals surface area (Å²) >= 11 is 0. The second-order valence-electron chi connectivity index (χ2n) is 4.04. The van der Waals surface area contributed by atoms with Gasteiger partial charge in [0, 0.05) is 0 Å². The van der Waals surface area contributed by atoms with E-state index < -0.39 is 0 Å². The fourth-order valence-electron chi connectivity index (χ4n) is 1.88. The number of halogens is 1. The van der Waals surface area contributed by atoms with Gasteiger partial charge in [-0.2, -0.15) is 0 Å². The van der Waals surface area contributed by atoms with Gasteiger partial charge >= 0.3 is 0 Å². The highest BCUT2D eigenvalue weighted by molar-refractivity contribution is 5.38. The third-order valence-electron chi connectivity index (χ3n) is 2.92. The maximum Gasteiger partial charge on any atom is 0.126 e. The van der Waals surface area contributed by atoms with Gasteiger partial charge in [-0.25, -0.2) is 4.39 Å². The van der Waals surface area contributed by atoms with E-state index in [1.807, 2.05) is 12.1 Å². The van der Waals surface area contributed by atoms with Crippen LogP contribution in [-0.4, -0.2) is 0 Å². The van der Waals surface area contributed by atoms with E-state index in [4.69, 9.17) is 0 Å². The smallest absolute Gasteiger partial charge is 0.126 e. The average molecular weight is 190 g/mol. The molecule has 1 aliphatic carbocycles. The van der Waals surface area contributed by atoms with Crippen molar-refractivity contribution in [2.45, 2.75) is 31.6 Å². The van der Waals surface area contributed by atoms with Gasteiger partial charge in [-0.1, -0.05) is 25.1 Å².